The van der Waals surface area contributed by atoms with Crippen molar-refractivity contribution < 1.29 is 4.74 Å². The van der Waals surface area contributed by atoms with Crippen LogP contribution in [0, 0.1) is 0 Å². The Hall–Kier alpha value is -2.43. The number of rotatable bonds is 6. The van der Waals surface area contributed by atoms with E-state index >= 15 is 0 Å². The molecule has 0 aliphatic heterocycles. The lowest BCUT2D eigenvalue weighted by Crippen LogP contribution is -2.36. The third kappa shape index (κ3) is 4.84. The predicted octanol–water partition coefficient (Wildman–Crippen LogP) is 2.29. The average Bonchev–Trinajstić information content (AvgIpc) is 2.96. The summed E-state index contributed by atoms with van der Waals surface area (Å²) >= 11 is 0. The van der Waals surface area contributed by atoms with Crippen molar-refractivity contribution in [3.63, 3.8) is 0 Å². The fourth-order valence-corrected chi connectivity index (χ4v) is 2.10. The van der Waals surface area contributed by atoms with Crippen molar-refractivity contribution in [1.29, 1.82) is 0 Å². The van der Waals surface area contributed by atoms with Crippen molar-refractivity contribution in [2.75, 3.05) is 13.7 Å². The highest BCUT2D eigenvalue weighted by molar-refractivity contribution is 5.79. The Kier molecular flexibility index (Phi) is 5.89. The number of aromatic nitrogens is 1. The van der Waals surface area contributed by atoms with E-state index < -0.39 is 0 Å². The standard InChI is InChI=1S/C17H24N4O/c1-4-18-17(20-12-15-9-10-21(2)13-15)19-11-14-5-7-16(22-3)8-6-14/h5-10,13H,4,11-12H2,1-3H3,(H2,18,19,20). The van der Waals surface area contributed by atoms with Gasteiger partial charge in [-0.25, -0.2) is 4.99 Å². The van der Waals surface area contributed by atoms with Crippen molar-refractivity contribution in [2.45, 2.75) is 20.0 Å². The van der Waals surface area contributed by atoms with E-state index in [1.807, 2.05) is 42.1 Å². The molecule has 0 aliphatic rings. The quantitative estimate of drug-likeness (QED) is 0.636. The summed E-state index contributed by atoms with van der Waals surface area (Å²) < 4.78 is 7.19. The van der Waals surface area contributed by atoms with E-state index in [1.165, 1.54) is 11.1 Å². The molecule has 0 atom stereocenters. The van der Waals surface area contributed by atoms with E-state index in [4.69, 9.17) is 4.74 Å². The largest absolute Gasteiger partial charge is 0.497 e. The summed E-state index contributed by atoms with van der Waals surface area (Å²) in [6.45, 7) is 4.29. The number of aliphatic imine (C=N–C) groups is 1. The van der Waals surface area contributed by atoms with Crippen LogP contribution in [0.25, 0.3) is 0 Å². The number of nitrogens with one attached hydrogen (secondary N) is 2. The van der Waals surface area contributed by atoms with E-state index in [0.717, 1.165) is 24.8 Å². The third-order valence-electron chi connectivity index (χ3n) is 3.28. The molecular formula is C17H24N4O. The van der Waals surface area contributed by atoms with E-state index in [2.05, 4.69) is 34.8 Å². The van der Waals surface area contributed by atoms with Gasteiger partial charge in [0.15, 0.2) is 5.96 Å². The van der Waals surface area contributed by atoms with Crippen LogP contribution in [0.4, 0.5) is 0 Å². The Morgan fingerprint density at radius 3 is 2.50 bits per heavy atom. The van der Waals surface area contributed by atoms with Crippen molar-refractivity contribution in [3.05, 3.63) is 53.9 Å². The first-order chi connectivity index (χ1) is 10.7. The summed E-state index contributed by atoms with van der Waals surface area (Å²) in [6.07, 6.45) is 4.11. The zero-order chi connectivity index (χ0) is 15.8. The molecule has 5 nitrogen and oxygen atoms in total. The van der Waals surface area contributed by atoms with Crippen molar-refractivity contribution >= 4 is 5.96 Å². The zero-order valence-corrected chi connectivity index (χ0v) is 13.5. The van der Waals surface area contributed by atoms with Crippen LogP contribution in [0.1, 0.15) is 18.1 Å². The smallest absolute Gasteiger partial charge is 0.191 e. The SMILES string of the molecule is CCNC(=NCc1ccn(C)c1)NCc1ccc(OC)cc1. The second-order valence-corrected chi connectivity index (χ2v) is 5.08. The molecule has 0 spiro atoms. The van der Waals surface area contributed by atoms with Gasteiger partial charge in [0.1, 0.15) is 5.75 Å². The second-order valence-electron chi connectivity index (χ2n) is 5.08. The lowest BCUT2D eigenvalue weighted by atomic mass is 10.2. The molecule has 0 saturated heterocycles. The molecule has 0 aliphatic carbocycles. The highest BCUT2D eigenvalue weighted by Crippen LogP contribution is 2.10. The van der Waals surface area contributed by atoms with Gasteiger partial charge < -0.3 is 19.9 Å². The molecule has 118 valence electrons. The molecule has 0 saturated carbocycles. The minimum Gasteiger partial charge on any atom is -0.497 e. The lowest BCUT2D eigenvalue weighted by molar-refractivity contribution is 0.414. The van der Waals surface area contributed by atoms with Crippen LogP contribution in [0.5, 0.6) is 5.75 Å². The summed E-state index contributed by atoms with van der Waals surface area (Å²) in [5.74, 6) is 1.69. The number of nitrogens with zero attached hydrogens (tertiary/aromatic N) is 2. The van der Waals surface area contributed by atoms with Crippen molar-refractivity contribution in [3.8, 4) is 5.75 Å². The van der Waals surface area contributed by atoms with Gasteiger partial charge in [0, 0.05) is 32.5 Å². The molecule has 22 heavy (non-hydrogen) atoms. The van der Waals surface area contributed by atoms with Crippen LogP contribution in [-0.4, -0.2) is 24.2 Å². The fourth-order valence-electron chi connectivity index (χ4n) is 2.10. The first-order valence-electron chi connectivity index (χ1n) is 7.47. The van der Waals surface area contributed by atoms with Crippen LogP contribution in [0.3, 0.4) is 0 Å². The molecule has 2 rings (SSSR count). The molecule has 1 aromatic carbocycles. The summed E-state index contributed by atoms with van der Waals surface area (Å²) in [5, 5.41) is 6.60. The number of benzene rings is 1. The maximum atomic E-state index is 5.16. The molecule has 5 heteroatoms. The molecule has 0 amide bonds. The summed E-state index contributed by atoms with van der Waals surface area (Å²) in [5.41, 5.74) is 2.38. The van der Waals surface area contributed by atoms with Gasteiger partial charge in [0.25, 0.3) is 0 Å². The molecule has 2 aromatic rings. The van der Waals surface area contributed by atoms with Gasteiger partial charge in [-0.1, -0.05) is 12.1 Å². The first-order valence-corrected chi connectivity index (χ1v) is 7.47. The normalized spacial score (nSPS) is 11.3. The molecule has 0 bridgehead atoms. The number of ether oxygens (including phenoxy) is 1. The monoisotopic (exact) mass is 300 g/mol. The van der Waals surface area contributed by atoms with E-state index in [-0.39, 0.29) is 0 Å². The van der Waals surface area contributed by atoms with Gasteiger partial charge in [0.05, 0.1) is 13.7 Å². The van der Waals surface area contributed by atoms with E-state index in [1.54, 1.807) is 7.11 Å². The Bertz CT molecular complexity index is 601. The maximum absolute atomic E-state index is 5.16. The summed E-state index contributed by atoms with van der Waals surface area (Å²) in [6, 6.07) is 10.1. The molecule has 2 N–H and O–H groups in total. The van der Waals surface area contributed by atoms with Crippen LogP contribution in [0.2, 0.25) is 0 Å². The number of hydrogen-bond acceptors (Lipinski definition) is 2. The number of methoxy groups -OCH3 is 1. The minimum absolute atomic E-state index is 0.665. The van der Waals surface area contributed by atoms with Crippen molar-refractivity contribution in [1.82, 2.24) is 15.2 Å². The highest BCUT2D eigenvalue weighted by atomic mass is 16.5. The minimum atomic E-state index is 0.665. The van der Waals surface area contributed by atoms with Crippen molar-refractivity contribution in [2.24, 2.45) is 12.0 Å². The number of guanidine groups is 1. The van der Waals surface area contributed by atoms with Crippen LogP contribution in [-0.2, 0) is 20.1 Å². The third-order valence-corrected chi connectivity index (χ3v) is 3.28. The Morgan fingerprint density at radius 2 is 1.91 bits per heavy atom. The van der Waals surface area contributed by atoms with Gasteiger partial charge in [-0.3, -0.25) is 0 Å². The maximum Gasteiger partial charge on any atom is 0.191 e. The zero-order valence-electron chi connectivity index (χ0n) is 13.5. The average molecular weight is 300 g/mol. The molecule has 0 radical (unpaired) electrons. The van der Waals surface area contributed by atoms with Gasteiger partial charge in [-0.15, -0.1) is 0 Å². The van der Waals surface area contributed by atoms with Gasteiger partial charge >= 0.3 is 0 Å². The molecule has 1 aromatic heterocycles. The van der Waals surface area contributed by atoms with Gasteiger partial charge in [0.2, 0.25) is 0 Å². The predicted molar refractivity (Wildman–Crippen MR) is 90.1 cm³/mol. The van der Waals surface area contributed by atoms with Gasteiger partial charge in [-0.05, 0) is 36.2 Å². The first kappa shape index (κ1) is 15.9. The van der Waals surface area contributed by atoms with E-state index in [0.29, 0.717) is 6.54 Å². The van der Waals surface area contributed by atoms with Crippen LogP contribution in [0.15, 0.2) is 47.7 Å². The number of aryl methyl sites for hydroxylation is 1. The lowest BCUT2D eigenvalue weighted by Gasteiger charge is -2.11. The summed E-state index contributed by atoms with van der Waals surface area (Å²) in [7, 11) is 3.69. The molecule has 1 heterocycles. The molecule has 0 fully saturated rings. The van der Waals surface area contributed by atoms with Crippen LogP contribution >= 0.6 is 0 Å². The number of hydrogen-bond donors (Lipinski definition) is 2. The Morgan fingerprint density at radius 1 is 1.14 bits per heavy atom. The van der Waals surface area contributed by atoms with Gasteiger partial charge in [-0.2, -0.15) is 0 Å². The fraction of sp³-hybridized carbons (Fsp3) is 0.353. The summed E-state index contributed by atoms with van der Waals surface area (Å²) in [4.78, 5) is 4.60. The molecular weight excluding hydrogens is 276 g/mol. The molecule has 0 unspecified atom stereocenters. The van der Waals surface area contributed by atoms with Crippen LogP contribution < -0.4 is 15.4 Å². The Labute approximate surface area is 132 Å². The highest BCUT2D eigenvalue weighted by Gasteiger charge is 2.00. The van der Waals surface area contributed by atoms with E-state index in [9.17, 15) is 0 Å². The second kappa shape index (κ2) is 8.12. The Balaban J connectivity index is 1.92. The topological polar surface area (TPSA) is 50.6 Å².